The summed E-state index contributed by atoms with van der Waals surface area (Å²) >= 11 is 0. The summed E-state index contributed by atoms with van der Waals surface area (Å²) in [6, 6.07) is 22.4. The van der Waals surface area contributed by atoms with Gasteiger partial charge in [-0.15, -0.1) is 0 Å². The summed E-state index contributed by atoms with van der Waals surface area (Å²) in [4.78, 5) is 36.0. The maximum atomic E-state index is 12.7. The smallest absolute Gasteiger partial charge is 0.411 e. The monoisotopic (exact) mass is 627 g/mol. The van der Waals surface area contributed by atoms with Crippen LogP contribution in [-0.4, -0.2) is 56.1 Å². The summed E-state index contributed by atoms with van der Waals surface area (Å²) in [5, 5.41) is 5.80. The van der Waals surface area contributed by atoms with E-state index < -0.39 is 6.09 Å². The molecular formula is C30H34IN3O4. The maximum Gasteiger partial charge on any atom is 0.411 e. The SMILES string of the molecule is C[N+]1(C)CCC(OC(=O)Nc2ccc(CCC(=O)Nc3ccc(C=O)cc3)cc2-c2ccccc2)CC1.[I-]. The molecule has 1 saturated heterocycles. The van der Waals surface area contributed by atoms with E-state index in [1.54, 1.807) is 24.3 Å². The van der Waals surface area contributed by atoms with Crippen LogP contribution in [0.4, 0.5) is 16.2 Å². The van der Waals surface area contributed by atoms with Crippen molar-refractivity contribution >= 4 is 29.7 Å². The zero-order valence-corrected chi connectivity index (χ0v) is 23.9. The molecule has 0 atom stereocenters. The lowest BCUT2D eigenvalue weighted by atomic mass is 9.99. The Kier molecular flexibility index (Phi) is 10.4. The Balaban J connectivity index is 0.00000400. The van der Waals surface area contributed by atoms with Gasteiger partial charge in [0, 0.05) is 36.1 Å². The van der Waals surface area contributed by atoms with Gasteiger partial charge in [0.25, 0.3) is 0 Å². The van der Waals surface area contributed by atoms with Gasteiger partial charge in [-0.2, -0.15) is 0 Å². The predicted molar refractivity (Wildman–Crippen MR) is 146 cm³/mol. The van der Waals surface area contributed by atoms with Gasteiger partial charge < -0.3 is 38.5 Å². The van der Waals surface area contributed by atoms with Crippen LogP contribution in [0.5, 0.6) is 0 Å². The third-order valence-electron chi connectivity index (χ3n) is 6.76. The summed E-state index contributed by atoms with van der Waals surface area (Å²) in [5.41, 5.74) is 4.71. The largest absolute Gasteiger partial charge is 1.00 e. The normalized spacial score (nSPS) is 14.6. The fourth-order valence-electron chi connectivity index (χ4n) is 4.49. The van der Waals surface area contributed by atoms with Crippen LogP contribution in [0, 0.1) is 0 Å². The quantitative estimate of drug-likeness (QED) is 0.229. The fourth-order valence-corrected chi connectivity index (χ4v) is 4.49. The molecule has 0 radical (unpaired) electrons. The lowest BCUT2D eigenvalue weighted by molar-refractivity contribution is -0.896. The predicted octanol–water partition coefficient (Wildman–Crippen LogP) is 2.53. The Bertz CT molecular complexity index is 1240. The van der Waals surface area contributed by atoms with Gasteiger partial charge >= 0.3 is 6.09 Å². The average Bonchev–Trinajstić information content (AvgIpc) is 2.90. The van der Waals surface area contributed by atoms with Crippen LogP contribution in [-0.2, 0) is 16.0 Å². The van der Waals surface area contributed by atoms with E-state index in [1.165, 1.54) is 0 Å². The minimum Gasteiger partial charge on any atom is -1.00 e. The molecule has 4 rings (SSSR count). The molecule has 38 heavy (non-hydrogen) atoms. The van der Waals surface area contributed by atoms with Crippen molar-refractivity contribution in [3.05, 3.63) is 83.9 Å². The van der Waals surface area contributed by atoms with E-state index >= 15 is 0 Å². The van der Waals surface area contributed by atoms with Crippen LogP contribution in [0.15, 0.2) is 72.8 Å². The molecule has 0 spiro atoms. The van der Waals surface area contributed by atoms with Crippen LogP contribution in [0.2, 0.25) is 0 Å². The van der Waals surface area contributed by atoms with E-state index in [2.05, 4.69) is 24.7 Å². The first kappa shape index (κ1) is 29.3. The topological polar surface area (TPSA) is 84.5 Å². The molecule has 1 aliphatic rings. The Morgan fingerprint density at radius 2 is 1.63 bits per heavy atom. The molecule has 3 aromatic carbocycles. The van der Waals surface area contributed by atoms with E-state index in [1.807, 2.05) is 48.5 Å². The molecule has 0 aliphatic carbocycles. The second-order valence-corrected chi connectivity index (χ2v) is 10.1. The fraction of sp³-hybridized carbons (Fsp3) is 0.300. The minimum absolute atomic E-state index is 0. The highest BCUT2D eigenvalue weighted by molar-refractivity contribution is 5.93. The number of hydrogen-bond acceptors (Lipinski definition) is 4. The van der Waals surface area contributed by atoms with Crippen LogP contribution < -0.4 is 34.6 Å². The lowest BCUT2D eigenvalue weighted by Gasteiger charge is -2.36. The standard InChI is InChI=1S/C30H33N3O4.HI/c1-33(2)18-16-26(17-19-33)37-30(36)32-28-14-10-22(20-27(28)24-6-4-3-5-7-24)11-15-29(35)31-25-12-8-23(21-34)9-13-25;/h3-10,12-14,20-21,26H,11,15-19H2,1-2H3,(H-,31,32,34,35,36);1H. The second-order valence-electron chi connectivity index (χ2n) is 10.1. The summed E-state index contributed by atoms with van der Waals surface area (Å²) in [6.07, 6.45) is 2.81. The number of aldehydes is 1. The van der Waals surface area contributed by atoms with E-state index in [4.69, 9.17) is 4.74 Å². The van der Waals surface area contributed by atoms with Crippen molar-refractivity contribution in [3.8, 4) is 11.1 Å². The van der Waals surface area contributed by atoms with Crippen LogP contribution in [0.3, 0.4) is 0 Å². The highest BCUT2D eigenvalue weighted by Crippen LogP contribution is 2.30. The number of carbonyl (C=O) groups is 3. The molecule has 3 aromatic rings. The van der Waals surface area contributed by atoms with Crippen LogP contribution in [0.1, 0.15) is 35.2 Å². The summed E-state index contributed by atoms with van der Waals surface area (Å²) in [5.74, 6) is -0.111. The summed E-state index contributed by atoms with van der Waals surface area (Å²) < 4.78 is 6.68. The van der Waals surface area contributed by atoms with E-state index in [0.29, 0.717) is 29.8 Å². The van der Waals surface area contributed by atoms with Gasteiger partial charge in [-0.05, 0) is 53.9 Å². The van der Waals surface area contributed by atoms with E-state index in [-0.39, 0.29) is 36.0 Å². The number of likely N-dealkylation sites (tertiary alicyclic amines) is 1. The van der Waals surface area contributed by atoms with Gasteiger partial charge in [-0.25, -0.2) is 4.79 Å². The van der Waals surface area contributed by atoms with Gasteiger partial charge in [0.15, 0.2) is 0 Å². The molecule has 8 heteroatoms. The maximum absolute atomic E-state index is 12.7. The molecule has 1 heterocycles. The molecule has 2 amide bonds. The number of anilines is 2. The Morgan fingerprint density at radius 3 is 2.29 bits per heavy atom. The number of benzene rings is 3. The van der Waals surface area contributed by atoms with Crippen LogP contribution >= 0.6 is 0 Å². The number of nitrogens with one attached hydrogen (secondary N) is 2. The van der Waals surface area contributed by atoms with Crippen molar-refractivity contribution < 1.29 is 47.6 Å². The first-order valence-corrected chi connectivity index (χ1v) is 12.6. The molecule has 7 nitrogen and oxygen atoms in total. The average molecular weight is 628 g/mol. The molecule has 200 valence electrons. The third kappa shape index (κ3) is 8.39. The highest BCUT2D eigenvalue weighted by atomic mass is 127. The number of hydrogen-bond donors (Lipinski definition) is 2. The summed E-state index contributed by atoms with van der Waals surface area (Å²) in [7, 11) is 4.39. The molecule has 0 bridgehead atoms. The van der Waals surface area contributed by atoms with Crippen LogP contribution in [0.25, 0.3) is 11.1 Å². The number of piperidine rings is 1. The first-order chi connectivity index (χ1) is 17.8. The number of quaternary nitrogens is 1. The molecule has 0 saturated carbocycles. The van der Waals surface area contributed by atoms with Gasteiger partial charge in [0.05, 0.1) is 32.9 Å². The van der Waals surface area contributed by atoms with Gasteiger partial charge in [0.1, 0.15) is 12.4 Å². The zero-order valence-electron chi connectivity index (χ0n) is 21.8. The second kappa shape index (κ2) is 13.5. The number of amides is 2. The number of halogens is 1. The van der Waals surface area contributed by atoms with Gasteiger partial charge in [-0.1, -0.05) is 36.4 Å². The first-order valence-electron chi connectivity index (χ1n) is 12.6. The Labute approximate surface area is 241 Å². The molecule has 0 aromatic heterocycles. The van der Waals surface area contributed by atoms with E-state index in [9.17, 15) is 14.4 Å². The number of carbonyl (C=O) groups excluding carboxylic acids is 3. The summed E-state index contributed by atoms with van der Waals surface area (Å²) in [6.45, 7) is 1.97. The van der Waals surface area contributed by atoms with Crippen molar-refractivity contribution in [2.45, 2.75) is 31.8 Å². The minimum atomic E-state index is -0.442. The molecular weight excluding hydrogens is 593 g/mol. The number of rotatable bonds is 8. The lowest BCUT2D eigenvalue weighted by Crippen LogP contribution is -3.00. The zero-order chi connectivity index (χ0) is 26.3. The van der Waals surface area contributed by atoms with Gasteiger partial charge in [-0.3, -0.25) is 14.9 Å². The van der Waals surface area contributed by atoms with Gasteiger partial charge in [0.2, 0.25) is 5.91 Å². The third-order valence-corrected chi connectivity index (χ3v) is 6.76. The Hall–Kier alpha value is -3.24. The van der Waals surface area contributed by atoms with Crippen molar-refractivity contribution in [3.63, 3.8) is 0 Å². The van der Waals surface area contributed by atoms with Crippen molar-refractivity contribution in [2.75, 3.05) is 37.8 Å². The van der Waals surface area contributed by atoms with Crippen molar-refractivity contribution in [1.82, 2.24) is 0 Å². The molecule has 0 unspecified atom stereocenters. The molecule has 2 N–H and O–H groups in total. The van der Waals surface area contributed by atoms with E-state index in [0.717, 1.165) is 53.4 Å². The number of aryl methyl sites for hydroxylation is 1. The van der Waals surface area contributed by atoms with Crippen molar-refractivity contribution in [1.29, 1.82) is 0 Å². The molecule has 1 fully saturated rings. The van der Waals surface area contributed by atoms with Crippen molar-refractivity contribution in [2.24, 2.45) is 0 Å². The number of nitrogens with zero attached hydrogens (tertiary/aromatic N) is 1. The molecule has 1 aliphatic heterocycles. The number of ether oxygens (including phenoxy) is 1. The Morgan fingerprint density at radius 1 is 0.947 bits per heavy atom. The highest BCUT2D eigenvalue weighted by Gasteiger charge is 2.28.